The fourth-order valence-corrected chi connectivity index (χ4v) is 4.56. The first-order chi connectivity index (χ1) is 17.4. The number of carbonyl (C=O) groups is 2. The maximum Gasteiger partial charge on any atom is 0.309 e. The standard InChI is InChI=1S/C27H24ClFN4O3/c1-2-36-27(35)18-11-13-32(14-12-18)26(34)24-15-23(20-5-3-4-6-21(20)29)30-25-16-22(31-33(24)25)17-7-9-19(28)10-8-17/h3-10,15-16,18H,2,11-14H2,1H3. The Balaban J connectivity index is 1.54. The van der Waals surface area contributed by atoms with Gasteiger partial charge in [-0.05, 0) is 50.1 Å². The molecule has 36 heavy (non-hydrogen) atoms. The van der Waals surface area contributed by atoms with Crippen molar-refractivity contribution in [1.82, 2.24) is 19.5 Å². The van der Waals surface area contributed by atoms with Gasteiger partial charge in [0.05, 0.1) is 23.9 Å². The first kappa shape index (κ1) is 23.9. The summed E-state index contributed by atoms with van der Waals surface area (Å²) in [5, 5.41) is 5.25. The minimum atomic E-state index is -0.430. The van der Waals surface area contributed by atoms with Gasteiger partial charge >= 0.3 is 5.97 Å². The van der Waals surface area contributed by atoms with Crippen LogP contribution in [0.1, 0.15) is 30.3 Å². The zero-order valence-corrected chi connectivity index (χ0v) is 20.4. The van der Waals surface area contributed by atoms with Crippen molar-refractivity contribution in [2.75, 3.05) is 19.7 Å². The van der Waals surface area contributed by atoms with Gasteiger partial charge in [-0.25, -0.2) is 13.9 Å². The number of carbonyl (C=O) groups excluding carboxylic acids is 2. The summed E-state index contributed by atoms with van der Waals surface area (Å²) in [4.78, 5) is 32.1. The molecule has 184 valence electrons. The Hall–Kier alpha value is -3.78. The van der Waals surface area contributed by atoms with Gasteiger partial charge in [0.15, 0.2) is 5.65 Å². The van der Waals surface area contributed by atoms with Gasteiger partial charge in [-0.3, -0.25) is 9.59 Å². The number of piperidine rings is 1. The predicted octanol–water partition coefficient (Wildman–Crippen LogP) is 5.27. The van der Waals surface area contributed by atoms with Gasteiger partial charge in [0, 0.05) is 35.3 Å². The van der Waals surface area contributed by atoms with Crippen LogP contribution in [-0.4, -0.2) is 51.1 Å². The van der Waals surface area contributed by atoms with E-state index in [2.05, 4.69) is 10.1 Å². The predicted molar refractivity (Wildman–Crippen MR) is 134 cm³/mol. The first-order valence-electron chi connectivity index (χ1n) is 11.8. The lowest BCUT2D eigenvalue weighted by atomic mass is 9.96. The van der Waals surface area contributed by atoms with E-state index in [-0.39, 0.29) is 23.5 Å². The van der Waals surface area contributed by atoms with Crippen LogP contribution in [0.5, 0.6) is 0 Å². The number of hydrogen-bond acceptors (Lipinski definition) is 5. The number of ether oxygens (including phenoxy) is 1. The van der Waals surface area contributed by atoms with Crippen molar-refractivity contribution in [2.45, 2.75) is 19.8 Å². The molecule has 0 radical (unpaired) electrons. The molecule has 0 unspecified atom stereocenters. The maximum absolute atomic E-state index is 14.6. The van der Waals surface area contributed by atoms with E-state index in [1.165, 1.54) is 10.6 Å². The van der Waals surface area contributed by atoms with Crippen LogP contribution in [0.4, 0.5) is 4.39 Å². The molecular weight excluding hydrogens is 483 g/mol. The van der Waals surface area contributed by atoms with Crippen LogP contribution in [0.3, 0.4) is 0 Å². The number of esters is 1. The van der Waals surface area contributed by atoms with E-state index in [0.717, 1.165) is 5.56 Å². The Morgan fingerprint density at radius 2 is 1.78 bits per heavy atom. The third-order valence-electron chi connectivity index (χ3n) is 6.34. The highest BCUT2D eigenvalue weighted by atomic mass is 35.5. The highest BCUT2D eigenvalue weighted by molar-refractivity contribution is 6.30. The largest absolute Gasteiger partial charge is 0.466 e. The molecule has 0 N–H and O–H groups in total. The normalized spacial score (nSPS) is 14.2. The Kier molecular flexibility index (Phi) is 6.69. The number of amides is 1. The number of rotatable bonds is 5. The Bertz CT molecular complexity index is 1430. The van der Waals surface area contributed by atoms with Crippen LogP contribution in [0, 0.1) is 11.7 Å². The molecule has 1 amide bonds. The summed E-state index contributed by atoms with van der Waals surface area (Å²) in [5.74, 6) is -1.13. The summed E-state index contributed by atoms with van der Waals surface area (Å²) < 4.78 is 21.3. The summed E-state index contributed by atoms with van der Waals surface area (Å²) in [5.41, 5.74) is 2.75. The maximum atomic E-state index is 14.6. The zero-order valence-electron chi connectivity index (χ0n) is 19.7. The van der Waals surface area contributed by atoms with Crippen LogP contribution in [0.2, 0.25) is 5.02 Å². The average Bonchev–Trinajstić information content (AvgIpc) is 3.33. The minimum absolute atomic E-state index is 0.221. The molecule has 0 bridgehead atoms. The molecule has 0 atom stereocenters. The second-order valence-corrected chi connectivity index (χ2v) is 9.07. The zero-order chi connectivity index (χ0) is 25.2. The molecular formula is C27H24ClFN4O3. The van der Waals surface area contributed by atoms with Crippen molar-refractivity contribution < 1.29 is 18.7 Å². The number of likely N-dealkylation sites (tertiary alicyclic amines) is 1. The molecule has 0 saturated carbocycles. The van der Waals surface area contributed by atoms with Gasteiger partial charge in [0.2, 0.25) is 0 Å². The molecule has 3 heterocycles. The minimum Gasteiger partial charge on any atom is -0.466 e. The fourth-order valence-electron chi connectivity index (χ4n) is 4.44. The number of aromatic nitrogens is 3. The van der Waals surface area contributed by atoms with Gasteiger partial charge in [0.1, 0.15) is 11.5 Å². The topological polar surface area (TPSA) is 76.8 Å². The summed E-state index contributed by atoms with van der Waals surface area (Å²) in [6.07, 6.45) is 1.04. The Morgan fingerprint density at radius 1 is 1.06 bits per heavy atom. The molecule has 5 rings (SSSR count). The van der Waals surface area contributed by atoms with Gasteiger partial charge in [-0.15, -0.1) is 0 Å². The number of benzene rings is 2. The third kappa shape index (κ3) is 4.68. The van der Waals surface area contributed by atoms with E-state index in [4.69, 9.17) is 16.3 Å². The van der Waals surface area contributed by atoms with Crippen LogP contribution in [-0.2, 0) is 9.53 Å². The van der Waals surface area contributed by atoms with Gasteiger partial charge in [0.25, 0.3) is 5.91 Å². The molecule has 4 aromatic rings. The molecule has 1 aliphatic rings. The molecule has 0 aliphatic carbocycles. The van der Waals surface area contributed by atoms with E-state index >= 15 is 0 Å². The first-order valence-corrected chi connectivity index (χ1v) is 12.2. The summed E-state index contributed by atoms with van der Waals surface area (Å²) >= 11 is 6.03. The smallest absolute Gasteiger partial charge is 0.309 e. The second kappa shape index (κ2) is 10.1. The molecule has 2 aromatic carbocycles. The molecule has 1 saturated heterocycles. The molecule has 0 spiro atoms. The monoisotopic (exact) mass is 506 g/mol. The summed E-state index contributed by atoms with van der Waals surface area (Å²) in [7, 11) is 0. The Morgan fingerprint density at radius 3 is 2.47 bits per heavy atom. The highest BCUT2D eigenvalue weighted by Crippen LogP contribution is 2.28. The summed E-state index contributed by atoms with van der Waals surface area (Å²) in [6, 6.07) is 16.9. The number of halogens is 2. The molecule has 7 nitrogen and oxygen atoms in total. The van der Waals surface area contributed by atoms with Crippen molar-refractivity contribution in [1.29, 1.82) is 0 Å². The van der Waals surface area contributed by atoms with Crippen molar-refractivity contribution in [3.05, 3.63) is 77.2 Å². The molecule has 2 aromatic heterocycles. The van der Waals surface area contributed by atoms with E-state index in [1.54, 1.807) is 54.3 Å². The van der Waals surface area contributed by atoms with Gasteiger partial charge in [-0.1, -0.05) is 35.9 Å². The van der Waals surface area contributed by atoms with Crippen LogP contribution >= 0.6 is 11.6 Å². The lowest BCUT2D eigenvalue weighted by molar-refractivity contribution is -0.149. The van der Waals surface area contributed by atoms with Gasteiger partial charge in [-0.2, -0.15) is 5.10 Å². The number of hydrogen-bond donors (Lipinski definition) is 0. The Labute approximate surface area is 212 Å². The van der Waals surface area contributed by atoms with Crippen LogP contribution in [0.15, 0.2) is 60.7 Å². The second-order valence-electron chi connectivity index (χ2n) is 8.63. The van der Waals surface area contributed by atoms with Crippen LogP contribution < -0.4 is 0 Å². The number of nitrogens with zero attached hydrogens (tertiary/aromatic N) is 4. The van der Waals surface area contributed by atoms with Crippen molar-refractivity contribution >= 4 is 29.1 Å². The third-order valence-corrected chi connectivity index (χ3v) is 6.59. The van der Waals surface area contributed by atoms with E-state index < -0.39 is 5.82 Å². The molecule has 1 aliphatic heterocycles. The fraction of sp³-hybridized carbons (Fsp3) is 0.259. The lowest BCUT2D eigenvalue weighted by Gasteiger charge is -2.31. The van der Waals surface area contributed by atoms with Crippen molar-refractivity contribution in [3.63, 3.8) is 0 Å². The number of fused-ring (bicyclic) bond motifs is 1. The highest BCUT2D eigenvalue weighted by Gasteiger charge is 2.30. The van der Waals surface area contributed by atoms with Crippen LogP contribution in [0.25, 0.3) is 28.2 Å². The van der Waals surface area contributed by atoms with E-state index in [9.17, 15) is 14.0 Å². The lowest BCUT2D eigenvalue weighted by Crippen LogP contribution is -2.41. The van der Waals surface area contributed by atoms with Crippen molar-refractivity contribution in [3.8, 4) is 22.5 Å². The average molecular weight is 507 g/mol. The van der Waals surface area contributed by atoms with E-state index in [0.29, 0.717) is 60.2 Å². The van der Waals surface area contributed by atoms with E-state index in [1.807, 2.05) is 12.1 Å². The molecule has 9 heteroatoms. The summed E-state index contributed by atoms with van der Waals surface area (Å²) in [6.45, 7) is 2.93. The molecule has 1 fully saturated rings. The van der Waals surface area contributed by atoms with Crippen molar-refractivity contribution in [2.24, 2.45) is 5.92 Å². The SMILES string of the molecule is CCOC(=O)C1CCN(C(=O)c2cc(-c3ccccc3F)nc3cc(-c4ccc(Cl)cc4)nn23)CC1. The van der Waals surface area contributed by atoms with Gasteiger partial charge < -0.3 is 9.64 Å². The quantitative estimate of drug-likeness (QED) is 0.345.